The van der Waals surface area contributed by atoms with Crippen molar-refractivity contribution in [3.05, 3.63) is 51.7 Å². The highest BCUT2D eigenvalue weighted by molar-refractivity contribution is 7.09. The van der Waals surface area contributed by atoms with Crippen LogP contribution < -0.4 is 5.32 Å². The Balaban J connectivity index is 1.48. The van der Waals surface area contributed by atoms with Gasteiger partial charge in [0, 0.05) is 30.0 Å². The van der Waals surface area contributed by atoms with Crippen molar-refractivity contribution in [2.75, 3.05) is 13.1 Å². The van der Waals surface area contributed by atoms with Crippen molar-refractivity contribution in [1.29, 1.82) is 0 Å². The molecule has 1 aliphatic heterocycles. The molecule has 2 heterocycles. The number of carbonyl (C=O) groups is 2. The van der Waals surface area contributed by atoms with Crippen molar-refractivity contribution >= 4 is 23.2 Å². The fraction of sp³-hybridized carbons (Fsp3) is 0.389. The molecule has 0 atom stereocenters. The zero-order valence-electron chi connectivity index (χ0n) is 14.0. The molecule has 3 rings (SSSR count). The van der Waals surface area contributed by atoms with E-state index in [9.17, 15) is 14.0 Å². The lowest BCUT2D eigenvalue weighted by Crippen LogP contribution is -2.42. The molecule has 2 aromatic rings. The highest BCUT2D eigenvalue weighted by atomic mass is 32.1. The Kier molecular flexibility index (Phi) is 5.43. The summed E-state index contributed by atoms with van der Waals surface area (Å²) in [5.74, 6) is -0.546. The molecule has 0 spiro atoms. The second kappa shape index (κ2) is 7.74. The van der Waals surface area contributed by atoms with Crippen LogP contribution >= 0.6 is 11.3 Å². The molecule has 7 heteroatoms. The summed E-state index contributed by atoms with van der Waals surface area (Å²) in [6.45, 7) is 3.44. The molecule has 1 saturated heterocycles. The number of benzene rings is 1. The highest BCUT2D eigenvalue weighted by Gasteiger charge is 2.27. The number of likely N-dealkylation sites (tertiary alicyclic amines) is 1. The average Bonchev–Trinajstić information content (AvgIpc) is 3.05. The number of hydrogen-bond acceptors (Lipinski definition) is 4. The van der Waals surface area contributed by atoms with Gasteiger partial charge in [-0.25, -0.2) is 9.37 Å². The molecule has 132 valence electrons. The Bertz CT molecular complexity index is 752. The predicted octanol–water partition coefficient (Wildman–Crippen LogP) is 2.76. The number of aryl methyl sites for hydroxylation is 1. The van der Waals surface area contributed by atoms with Crippen LogP contribution in [-0.2, 0) is 11.3 Å². The lowest BCUT2D eigenvalue weighted by Gasteiger charge is -2.31. The molecular weight excluding hydrogens is 341 g/mol. The molecule has 0 saturated carbocycles. The fourth-order valence-electron chi connectivity index (χ4n) is 2.93. The van der Waals surface area contributed by atoms with Gasteiger partial charge in [-0.15, -0.1) is 11.3 Å². The van der Waals surface area contributed by atoms with Crippen LogP contribution in [0, 0.1) is 18.7 Å². The normalized spacial score (nSPS) is 15.2. The standard InChI is InChI=1S/C18H20FN3O2S/c1-12-21-16(11-25-12)10-20-17(23)13-6-8-22(9-7-13)18(24)14-2-4-15(19)5-3-14/h2-5,11,13H,6-10H2,1H3,(H,20,23). The molecule has 0 bridgehead atoms. The van der Waals surface area contributed by atoms with Gasteiger partial charge in [0.2, 0.25) is 5.91 Å². The Morgan fingerprint density at radius 1 is 1.28 bits per heavy atom. The second-order valence-corrected chi connectivity index (χ2v) is 7.21. The lowest BCUT2D eigenvalue weighted by molar-refractivity contribution is -0.126. The van der Waals surface area contributed by atoms with E-state index in [2.05, 4.69) is 10.3 Å². The first-order chi connectivity index (χ1) is 12.0. The molecule has 0 aliphatic carbocycles. The Hall–Kier alpha value is -2.28. The monoisotopic (exact) mass is 361 g/mol. The Labute approximate surface area is 149 Å². The minimum atomic E-state index is -0.359. The van der Waals surface area contributed by atoms with Crippen molar-refractivity contribution in [2.45, 2.75) is 26.3 Å². The second-order valence-electron chi connectivity index (χ2n) is 6.15. The van der Waals surface area contributed by atoms with Gasteiger partial charge < -0.3 is 10.2 Å². The van der Waals surface area contributed by atoms with Gasteiger partial charge in [-0.2, -0.15) is 0 Å². The molecule has 1 fully saturated rings. The van der Waals surface area contributed by atoms with E-state index in [0.29, 0.717) is 38.0 Å². The number of nitrogens with zero attached hydrogens (tertiary/aromatic N) is 2. The van der Waals surface area contributed by atoms with Crippen LogP contribution in [0.2, 0.25) is 0 Å². The van der Waals surface area contributed by atoms with E-state index in [-0.39, 0.29) is 23.5 Å². The smallest absolute Gasteiger partial charge is 0.253 e. The largest absolute Gasteiger partial charge is 0.350 e. The summed E-state index contributed by atoms with van der Waals surface area (Å²) >= 11 is 1.56. The summed E-state index contributed by atoms with van der Waals surface area (Å²) in [6, 6.07) is 5.56. The summed E-state index contributed by atoms with van der Waals surface area (Å²) < 4.78 is 13.0. The number of halogens is 1. The first-order valence-corrected chi connectivity index (χ1v) is 9.14. The molecule has 25 heavy (non-hydrogen) atoms. The van der Waals surface area contributed by atoms with Crippen LogP contribution in [0.3, 0.4) is 0 Å². The van der Waals surface area contributed by atoms with E-state index in [4.69, 9.17) is 0 Å². The first kappa shape index (κ1) is 17.5. The van der Waals surface area contributed by atoms with E-state index in [1.807, 2.05) is 12.3 Å². The zero-order chi connectivity index (χ0) is 17.8. The van der Waals surface area contributed by atoms with E-state index >= 15 is 0 Å². The Morgan fingerprint density at radius 2 is 1.96 bits per heavy atom. The van der Waals surface area contributed by atoms with E-state index in [0.717, 1.165) is 10.7 Å². The maximum Gasteiger partial charge on any atom is 0.253 e. The number of thiazole rings is 1. The maximum absolute atomic E-state index is 13.0. The highest BCUT2D eigenvalue weighted by Crippen LogP contribution is 2.20. The van der Waals surface area contributed by atoms with Gasteiger partial charge in [0.15, 0.2) is 0 Å². The third kappa shape index (κ3) is 4.42. The average molecular weight is 361 g/mol. The topological polar surface area (TPSA) is 62.3 Å². The number of rotatable bonds is 4. The molecule has 1 aliphatic rings. The van der Waals surface area contributed by atoms with Gasteiger partial charge in [-0.1, -0.05) is 0 Å². The summed E-state index contributed by atoms with van der Waals surface area (Å²) in [4.78, 5) is 30.7. The van der Waals surface area contributed by atoms with Gasteiger partial charge in [0.1, 0.15) is 5.82 Å². The lowest BCUT2D eigenvalue weighted by atomic mass is 9.95. The van der Waals surface area contributed by atoms with Crippen LogP contribution in [0.5, 0.6) is 0 Å². The van der Waals surface area contributed by atoms with Crippen molar-refractivity contribution in [2.24, 2.45) is 5.92 Å². The van der Waals surface area contributed by atoms with Crippen molar-refractivity contribution in [1.82, 2.24) is 15.2 Å². The van der Waals surface area contributed by atoms with Gasteiger partial charge in [-0.3, -0.25) is 9.59 Å². The van der Waals surface area contributed by atoms with Crippen molar-refractivity contribution in [3.8, 4) is 0 Å². The summed E-state index contributed by atoms with van der Waals surface area (Å²) in [7, 11) is 0. The van der Waals surface area contributed by atoms with Crippen molar-refractivity contribution < 1.29 is 14.0 Å². The summed E-state index contributed by atoms with van der Waals surface area (Å²) in [5.41, 5.74) is 1.35. The number of carbonyl (C=O) groups excluding carboxylic acids is 2. The minimum absolute atomic E-state index is 0.0135. The minimum Gasteiger partial charge on any atom is -0.350 e. The zero-order valence-corrected chi connectivity index (χ0v) is 14.8. The number of hydrogen-bond donors (Lipinski definition) is 1. The molecular formula is C18H20FN3O2S. The number of aromatic nitrogens is 1. The van der Waals surface area contributed by atoms with Crippen LogP contribution in [0.1, 0.15) is 33.9 Å². The molecule has 1 aromatic heterocycles. The molecule has 0 radical (unpaired) electrons. The SMILES string of the molecule is Cc1nc(CNC(=O)C2CCN(C(=O)c3ccc(F)cc3)CC2)cs1. The van der Waals surface area contributed by atoms with Gasteiger partial charge >= 0.3 is 0 Å². The number of piperidine rings is 1. The van der Waals surface area contributed by atoms with Crippen LogP contribution in [0.15, 0.2) is 29.6 Å². The molecule has 2 amide bonds. The summed E-state index contributed by atoms with van der Waals surface area (Å²) in [5, 5.41) is 5.85. The van der Waals surface area contributed by atoms with Gasteiger partial charge in [-0.05, 0) is 44.0 Å². The van der Waals surface area contributed by atoms with Gasteiger partial charge in [0.05, 0.1) is 17.2 Å². The van der Waals surface area contributed by atoms with E-state index in [1.165, 1.54) is 24.3 Å². The van der Waals surface area contributed by atoms with Crippen molar-refractivity contribution in [3.63, 3.8) is 0 Å². The fourth-order valence-corrected chi connectivity index (χ4v) is 3.54. The van der Waals surface area contributed by atoms with Crippen LogP contribution in [-0.4, -0.2) is 34.8 Å². The summed E-state index contributed by atoms with van der Waals surface area (Å²) in [6.07, 6.45) is 1.27. The maximum atomic E-state index is 13.0. The predicted molar refractivity (Wildman–Crippen MR) is 93.7 cm³/mol. The molecule has 5 nitrogen and oxygen atoms in total. The molecule has 1 N–H and O–H groups in total. The van der Waals surface area contributed by atoms with Crippen LogP contribution in [0.4, 0.5) is 4.39 Å². The van der Waals surface area contributed by atoms with Crippen LogP contribution in [0.25, 0.3) is 0 Å². The van der Waals surface area contributed by atoms with E-state index in [1.54, 1.807) is 16.2 Å². The quantitative estimate of drug-likeness (QED) is 0.911. The first-order valence-electron chi connectivity index (χ1n) is 8.26. The number of nitrogens with one attached hydrogen (secondary N) is 1. The molecule has 1 aromatic carbocycles. The third-order valence-electron chi connectivity index (χ3n) is 4.35. The third-order valence-corrected chi connectivity index (χ3v) is 5.18. The Morgan fingerprint density at radius 3 is 2.56 bits per heavy atom. The number of amides is 2. The molecule has 0 unspecified atom stereocenters. The van der Waals surface area contributed by atoms with Gasteiger partial charge in [0.25, 0.3) is 5.91 Å². The van der Waals surface area contributed by atoms with E-state index < -0.39 is 0 Å².